The first-order chi connectivity index (χ1) is 14.8. The molecule has 1 N–H and O–H groups in total. The van der Waals surface area contributed by atoms with Crippen molar-refractivity contribution in [3.05, 3.63) is 103 Å². The number of amides is 1. The zero-order chi connectivity index (χ0) is 21.9. The van der Waals surface area contributed by atoms with Crippen molar-refractivity contribution in [3.63, 3.8) is 0 Å². The molecular weight excluding hydrogens is 482 g/mol. The lowest BCUT2D eigenvalue weighted by atomic mass is 9.98. The van der Waals surface area contributed by atoms with Crippen molar-refractivity contribution in [3.8, 4) is 5.75 Å². The molecule has 0 aliphatic carbocycles. The molecular formula is C24H15BrClNO4. The summed E-state index contributed by atoms with van der Waals surface area (Å²) >= 11 is 9.73. The molecule has 1 aliphatic heterocycles. The first-order valence-corrected chi connectivity index (χ1v) is 10.7. The minimum atomic E-state index is -0.721. The highest BCUT2D eigenvalue weighted by molar-refractivity contribution is 9.10. The number of hydrogen-bond acceptors (Lipinski definition) is 4. The molecule has 3 aromatic carbocycles. The number of carbonyl (C=O) groups excluding carboxylic acids is 1. The molecule has 0 radical (unpaired) electrons. The van der Waals surface area contributed by atoms with Crippen LogP contribution in [0.3, 0.4) is 0 Å². The second kappa shape index (κ2) is 7.25. The van der Waals surface area contributed by atoms with Crippen molar-refractivity contribution in [2.24, 2.45) is 0 Å². The van der Waals surface area contributed by atoms with Gasteiger partial charge in [-0.3, -0.25) is 14.5 Å². The minimum Gasteiger partial charge on any atom is -0.508 e. The molecule has 154 valence electrons. The number of nitrogens with zero attached hydrogens (tertiary/aromatic N) is 1. The highest BCUT2D eigenvalue weighted by atomic mass is 79.9. The van der Waals surface area contributed by atoms with Crippen LogP contribution in [0.2, 0.25) is 5.02 Å². The lowest BCUT2D eigenvalue weighted by Crippen LogP contribution is -2.29. The van der Waals surface area contributed by atoms with Gasteiger partial charge in [0.05, 0.1) is 17.0 Å². The molecule has 0 saturated carbocycles. The first-order valence-electron chi connectivity index (χ1n) is 9.50. The topological polar surface area (TPSA) is 70.8 Å². The molecule has 0 bridgehead atoms. The van der Waals surface area contributed by atoms with Crippen LogP contribution in [0.15, 0.2) is 74.3 Å². The molecule has 7 heteroatoms. The van der Waals surface area contributed by atoms with E-state index in [1.165, 1.54) is 17.0 Å². The fourth-order valence-electron chi connectivity index (χ4n) is 3.92. The number of rotatable bonds is 2. The number of hydrogen-bond donors (Lipinski definition) is 1. The lowest BCUT2D eigenvalue weighted by Gasteiger charge is -2.25. The lowest BCUT2D eigenvalue weighted by molar-refractivity contribution is 0.0971. The van der Waals surface area contributed by atoms with Crippen LogP contribution in [0.5, 0.6) is 5.75 Å². The van der Waals surface area contributed by atoms with Gasteiger partial charge in [-0.2, -0.15) is 0 Å². The van der Waals surface area contributed by atoms with Crippen molar-refractivity contribution in [1.82, 2.24) is 0 Å². The Kier molecular flexibility index (Phi) is 4.64. The van der Waals surface area contributed by atoms with Crippen molar-refractivity contribution in [2.45, 2.75) is 13.0 Å². The van der Waals surface area contributed by atoms with Crippen molar-refractivity contribution >= 4 is 50.1 Å². The zero-order valence-corrected chi connectivity index (χ0v) is 18.6. The summed E-state index contributed by atoms with van der Waals surface area (Å²) in [6.45, 7) is 1.87. The molecule has 0 fully saturated rings. The van der Waals surface area contributed by atoms with E-state index in [9.17, 15) is 14.7 Å². The van der Waals surface area contributed by atoms with Crippen LogP contribution in [0.4, 0.5) is 5.69 Å². The number of anilines is 1. The van der Waals surface area contributed by atoms with Crippen LogP contribution in [0.25, 0.3) is 11.0 Å². The predicted molar refractivity (Wildman–Crippen MR) is 123 cm³/mol. The van der Waals surface area contributed by atoms with Gasteiger partial charge in [0.1, 0.15) is 11.3 Å². The summed E-state index contributed by atoms with van der Waals surface area (Å²) in [6, 6.07) is 16.1. The van der Waals surface area contributed by atoms with Gasteiger partial charge in [-0.1, -0.05) is 45.7 Å². The second-order valence-electron chi connectivity index (χ2n) is 7.42. The summed E-state index contributed by atoms with van der Waals surface area (Å²) in [5.41, 5.74) is 2.43. The molecule has 0 saturated heterocycles. The third-order valence-corrected chi connectivity index (χ3v) is 6.38. The maximum Gasteiger partial charge on any atom is 0.295 e. The van der Waals surface area contributed by atoms with E-state index in [0.717, 1.165) is 10.0 Å². The van der Waals surface area contributed by atoms with E-state index in [1.54, 1.807) is 42.5 Å². The summed E-state index contributed by atoms with van der Waals surface area (Å²) in [5.74, 6) is -0.322. The number of fused-ring (bicyclic) bond motifs is 2. The third kappa shape index (κ3) is 3.14. The van der Waals surface area contributed by atoms with Gasteiger partial charge in [-0.25, -0.2) is 0 Å². The minimum absolute atomic E-state index is 0.00888. The average molecular weight is 497 g/mol. The number of phenolic OH excluding ortho intramolecular Hbond substituents is 1. The van der Waals surface area contributed by atoms with Gasteiger partial charge < -0.3 is 9.52 Å². The molecule has 4 aromatic rings. The summed E-state index contributed by atoms with van der Waals surface area (Å²) < 4.78 is 6.68. The molecule has 1 unspecified atom stereocenters. The van der Waals surface area contributed by atoms with Gasteiger partial charge in [0.2, 0.25) is 5.76 Å². The normalized spacial score (nSPS) is 15.5. The fourth-order valence-corrected chi connectivity index (χ4v) is 4.45. The Bertz CT molecular complexity index is 1430. The maximum atomic E-state index is 13.5. The first kappa shape index (κ1) is 19.8. The van der Waals surface area contributed by atoms with E-state index in [-0.39, 0.29) is 22.5 Å². The molecule has 31 heavy (non-hydrogen) atoms. The number of aromatic hydroxyl groups is 1. The smallest absolute Gasteiger partial charge is 0.295 e. The molecule has 1 amide bonds. The number of carbonyl (C=O) groups is 1. The van der Waals surface area contributed by atoms with Gasteiger partial charge in [-0.05, 0) is 60.5 Å². The fraction of sp³-hybridized carbons (Fsp3) is 0.0833. The number of aryl methyl sites for hydroxylation is 1. The zero-order valence-electron chi connectivity index (χ0n) is 16.2. The van der Waals surface area contributed by atoms with E-state index in [4.69, 9.17) is 16.0 Å². The Morgan fingerprint density at radius 2 is 1.77 bits per heavy atom. The van der Waals surface area contributed by atoms with Crippen LogP contribution in [-0.4, -0.2) is 11.0 Å². The third-order valence-electron chi connectivity index (χ3n) is 5.47. The molecule has 1 atom stereocenters. The predicted octanol–water partition coefficient (Wildman–Crippen LogP) is 5.97. The van der Waals surface area contributed by atoms with Gasteiger partial charge in [-0.15, -0.1) is 0 Å². The average Bonchev–Trinajstić information content (AvgIpc) is 3.04. The summed E-state index contributed by atoms with van der Waals surface area (Å²) in [4.78, 5) is 28.5. The monoisotopic (exact) mass is 495 g/mol. The Morgan fingerprint density at radius 1 is 1.03 bits per heavy atom. The van der Waals surface area contributed by atoms with Crippen molar-refractivity contribution in [2.75, 3.05) is 4.90 Å². The van der Waals surface area contributed by atoms with E-state index in [0.29, 0.717) is 27.2 Å². The summed E-state index contributed by atoms with van der Waals surface area (Å²) in [5, 5.41) is 10.6. The standard InChI is InChI=1S/C24H15BrClNO4/c1-12-2-6-15(11-18(12)26)27-21(13-3-7-16(28)8-4-13)20-22(29)17-10-14(25)5-9-19(17)31-23(20)24(27)30/h2-11,21,28H,1H3. The summed E-state index contributed by atoms with van der Waals surface area (Å²) in [7, 11) is 0. The quantitative estimate of drug-likeness (QED) is 0.371. The largest absolute Gasteiger partial charge is 0.508 e. The molecule has 5 nitrogen and oxygen atoms in total. The highest BCUT2D eigenvalue weighted by Crippen LogP contribution is 2.42. The molecule has 2 heterocycles. The Labute approximate surface area is 190 Å². The molecule has 1 aliphatic rings. The van der Waals surface area contributed by atoms with E-state index in [1.807, 2.05) is 13.0 Å². The Morgan fingerprint density at radius 3 is 2.48 bits per heavy atom. The van der Waals surface area contributed by atoms with Gasteiger partial charge in [0, 0.05) is 15.2 Å². The second-order valence-corrected chi connectivity index (χ2v) is 8.74. The van der Waals surface area contributed by atoms with Crippen LogP contribution in [-0.2, 0) is 0 Å². The van der Waals surface area contributed by atoms with Crippen molar-refractivity contribution in [1.29, 1.82) is 0 Å². The Balaban J connectivity index is 1.82. The summed E-state index contributed by atoms with van der Waals surface area (Å²) in [6.07, 6.45) is 0. The van der Waals surface area contributed by atoms with E-state index >= 15 is 0 Å². The van der Waals surface area contributed by atoms with Crippen LogP contribution in [0.1, 0.15) is 33.3 Å². The van der Waals surface area contributed by atoms with E-state index in [2.05, 4.69) is 15.9 Å². The Hall–Kier alpha value is -3.09. The van der Waals surface area contributed by atoms with Gasteiger partial charge in [0.25, 0.3) is 5.91 Å². The van der Waals surface area contributed by atoms with Crippen molar-refractivity contribution < 1.29 is 14.3 Å². The van der Waals surface area contributed by atoms with Gasteiger partial charge >= 0.3 is 0 Å². The number of halogens is 2. The molecule has 0 spiro atoms. The highest BCUT2D eigenvalue weighted by Gasteiger charge is 2.43. The maximum absolute atomic E-state index is 13.5. The SMILES string of the molecule is Cc1ccc(N2C(=O)c3oc4ccc(Br)cc4c(=O)c3C2c2ccc(O)cc2)cc1Cl. The van der Waals surface area contributed by atoms with Crippen LogP contribution in [0, 0.1) is 6.92 Å². The molecule has 5 rings (SSSR count). The number of benzene rings is 3. The molecule has 1 aromatic heterocycles. The number of phenols is 1. The van der Waals surface area contributed by atoms with Gasteiger partial charge in [0.15, 0.2) is 5.43 Å². The van der Waals surface area contributed by atoms with Crippen LogP contribution < -0.4 is 10.3 Å². The van der Waals surface area contributed by atoms with E-state index < -0.39 is 11.9 Å². The van der Waals surface area contributed by atoms with Crippen LogP contribution >= 0.6 is 27.5 Å².